The molecule has 1 unspecified atom stereocenters. The summed E-state index contributed by atoms with van der Waals surface area (Å²) in [5.41, 5.74) is 1.17. The van der Waals surface area contributed by atoms with Gasteiger partial charge in [-0.25, -0.2) is 0 Å². The highest BCUT2D eigenvalue weighted by atomic mass is 16.3. The number of carbonyl (C=O) groups is 1. The van der Waals surface area contributed by atoms with Crippen molar-refractivity contribution in [3.63, 3.8) is 0 Å². The molecule has 0 aliphatic heterocycles. The number of benzene rings is 1. The first-order valence-corrected chi connectivity index (χ1v) is 9.43. The molecule has 0 heterocycles. The van der Waals surface area contributed by atoms with Crippen LogP contribution in [0.4, 0.5) is 0 Å². The number of rotatable bonds is 9. The molecule has 1 saturated carbocycles. The van der Waals surface area contributed by atoms with E-state index in [0.717, 1.165) is 25.7 Å². The summed E-state index contributed by atoms with van der Waals surface area (Å²) in [4.78, 5) is 14.8. The lowest BCUT2D eigenvalue weighted by Crippen LogP contribution is -2.45. The Balaban J connectivity index is 1.94. The molecule has 1 aliphatic rings. The first kappa shape index (κ1) is 18.9. The van der Waals surface area contributed by atoms with Crippen LogP contribution in [0.5, 0.6) is 0 Å². The van der Waals surface area contributed by atoms with Gasteiger partial charge < -0.3 is 10.4 Å². The summed E-state index contributed by atoms with van der Waals surface area (Å²) in [6, 6.07) is 10.7. The lowest BCUT2D eigenvalue weighted by Gasteiger charge is -2.33. The number of hydrogen-bond acceptors (Lipinski definition) is 3. The number of aliphatic hydroxyl groups excluding tert-OH is 1. The van der Waals surface area contributed by atoms with Gasteiger partial charge in [0.05, 0.1) is 19.2 Å². The van der Waals surface area contributed by atoms with Crippen molar-refractivity contribution in [2.75, 3.05) is 19.7 Å². The van der Waals surface area contributed by atoms with Gasteiger partial charge in [0, 0.05) is 12.6 Å². The molecule has 4 heteroatoms. The maximum absolute atomic E-state index is 12.6. The molecule has 1 fully saturated rings. The molecule has 1 aliphatic carbocycles. The van der Waals surface area contributed by atoms with E-state index in [1.807, 2.05) is 18.2 Å². The molecule has 2 N–H and O–H groups in total. The third-order valence-electron chi connectivity index (χ3n) is 4.94. The predicted octanol–water partition coefficient (Wildman–Crippen LogP) is 3.27. The van der Waals surface area contributed by atoms with E-state index >= 15 is 0 Å². The van der Waals surface area contributed by atoms with Crippen molar-refractivity contribution in [3.05, 3.63) is 35.9 Å². The minimum Gasteiger partial charge on any atom is -0.395 e. The summed E-state index contributed by atoms with van der Waals surface area (Å²) in [6.45, 7) is 3.23. The van der Waals surface area contributed by atoms with Crippen LogP contribution in [0.25, 0.3) is 0 Å². The van der Waals surface area contributed by atoms with Crippen LogP contribution in [0.3, 0.4) is 0 Å². The van der Waals surface area contributed by atoms with Crippen LogP contribution >= 0.6 is 0 Å². The molecule has 0 bridgehead atoms. The third-order valence-corrected chi connectivity index (χ3v) is 4.94. The molecule has 4 nitrogen and oxygen atoms in total. The van der Waals surface area contributed by atoms with Crippen LogP contribution in [0.1, 0.15) is 63.5 Å². The Hall–Kier alpha value is -1.39. The number of carbonyl (C=O) groups excluding carboxylic acids is 1. The Morgan fingerprint density at radius 2 is 1.96 bits per heavy atom. The van der Waals surface area contributed by atoms with Gasteiger partial charge in [-0.1, -0.05) is 62.9 Å². The van der Waals surface area contributed by atoms with E-state index in [1.54, 1.807) is 0 Å². The third kappa shape index (κ3) is 5.91. The summed E-state index contributed by atoms with van der Waals surface area (Å²) < 4.78 is 0. The normalized spacial score (nSPS) is 17.0. The molecule has 1 aromatic carbocycles. The summed E-state index contributed by atoms with van der Waals surface area (Å²) in [7, 11) is 0. The van der Waals surface area contributed by atoms with Gasteiger partial charge in [-0.15, -0.1) is 0 Å². The quantitative estimate of drug-likeness (QED) is 0.730. The van der Waals surface area contributed by atoms with Crippen molar-refractivity contribution in [3.8, 4) is 0 Å². The maximum atomic E-state index is 12.6. The lowest BCUT2D eigenvalue weighted by molar-refractivity contribution is -0.124. The highest BCUT2D eigenvalue weighted by Crippen LogP contribution is 2.23. The van der Waals surface area contributed by atoms with Crippen molar-refractivity contribution in [1.29, 1.82) is 0 Å². The second kappa shape index (κ2) is 10.5. The fourth-order valence-electron chi connectivity index (χ4n) is 3.69. The van der Waals surface area contributed by atoms with E-state index < -0.39 is 0 Å². The minimum atomic E-state index is 0.0660. The highest BCUT2D eigenvalue weighted by molar-refractivity contribution is 5.78. The molecular formula is C20H32N2O2. The standard InChI is InChI=1S/C20H32N2O2/c1-2-9-19(17-10-5-3-6-11-17)21-20(24)16-22(14-15-23)18-12-7-4-8-13-18/h3,5-6,10-11,18-19,23H,2,4,7-9,12-16H2,1H3,(H,21,24). The van der Waals surface area contributed by atoms with Gasteiger partial charge in [0.25, 0.3) is 0 Å². The smallest absolute Gasteiger partial charge is 0.234 e. The van der Waals surface area contributed by atoms with Crippen molar-refractivity contribution in [2.24, 2.45) is 0 Å². The van der Waals surface area contributed by atoms with Crippen LogP contribution in [0, 0.1) is 0 Å². The molecule has 1 atom stereocenters. The molecule has 0 saturated heterocycles. The van der Waals surface area contributed by atoms with Gasteiger partial charge in [0.2, 0.25) is 5.91 Å². The van der Waals surface area contributed by atoms with Crippen LogP contribution in [0.15, 0.2) is 30.3 Å². The van der Waals surface area contributed by atoms with E-state index in [0.29, 0.717) is 19.1 Å². The molecular weight excluding hydrogens is 300 g/mol. The Morgan fingerprint density at radius 3 is 2.58 bits per heavy atom. The number of amides is 1. The maximum Gasteiger partial charge on any atom is 0.234 e. The molecule has 2 rings (SSSR count). The first-order valence-electron chi connectivity index (χ1n) is 9.43. The van der Waals surface area contributed by atoms with Crippen LogP contribution in [0.2, 0.25) is 0 Å². The van der Waals surface area contributed by atoms with Gasteiger partial charge in [-0.3, -0.25) is 9.69 Å². The number of hydrogen-bond donors (Lipinski definition) is 2. The average Bonchev–Trinajstić information content (AvgIpc) is 2.62. The monoisotopic (exact) mass is 332 g/mol. The Bertz CT molecular complexity index is 472. The second-order valence-corrected chi connectivity index (χ2v) is 6.81. The molecule has 134 valence electrons. The topological polar surface area (TPSA) is 52.6 Å². The van der Waals surface area contributed by atoms with Crippen molar-refractivity contribution in [1.82, 2.24) is 10.2 Å². The average molecular weight is 332 g/mol. The predicted molar refractivity (Wildman–Crippen MR) is 97.8 cm³/mol. The van der Waals surface area contributed by atoms with Gasteiger partial charge in [0.1, 0.15) is 0 Å². The number of aliphatic hydroxyl groups is 1. The van der Waals surface area contributed by atoms with Gasteiger partial charge in [-0.2, -0.15) is 0 Å². The van der Waals surface area contributed by atoms with Crippen LogP contribution < -0.4 is 5.32 Å². The van der Waals surface area contributed by atoms with E-state index in [2.05, 4.69) is 29.3 Å². The largest absolute Gasteiger partial charge is 0.395 e. The molecule has 0 radical (unpaired) electrons. The number of nitrogens with one attached hydrogen (secondary N) is 1. The molecule has 1 amide bonds. The van der Waals surface area contributed by atoms with Crippen molar-refractivity contribution >= 4 is 5.91 Å². The van der Waals surface area contributed by atoms with Gasteiger partial charge in [0.15, 0.2) is 0 Å². The Labute approximate surface area is 146 Å². The van der Waals surface area contributed by atoms with Crippen molar-refractivity contribution in [2.45, 2.75) is 64.0 Å². The first-order chi connectivity index (χ1) is 11.7. The SMILES string of the molecule is CCCC(NC(=O)CN(CCO)C1CCCCC1)c1ccccc1. The number of nitrogens with zero attached hydrogens (tertiary/aromatic N) is 1. The van der Waals surface area contributed by atoms with Crippen LogP contribution in [-0.2, 0) is 4.79 Å². The zero-order chi connectivity index (χ0) is 17.2. The molecule has 24 heavy (non-hydrogen) atoms. The lowest BCUT2D eigenvalue weighted by atomic mass is 9.94. The highest BCUT2D eigenvalue weighted by Gasteiger charge is 2.23. The summed E-state index contributed by atoms with van der Waals surface area (Å²) >= 11 is 0. The van der Waals surface area contributed by atoms with E-state index in [9.17, 15) is 9.90 Å². The fraction of sp³-hybridized carbons (Fsp3) is 0.650. The van der Waals surface area contributed by atoms with E-state index in [1.165, 1.54) is 24.8 Å². The zero-order valence-electron chi connectivity index (χ0n) is 14.9. The molecule has 0 aromatic heterocycles. The van der Waals surface area contributed by atoms with Crippen LogP contribution in [-0.4, -0.2) is 41.7 Å². The minimum absolute atomic E-state index is 0.0660. The van der Waals surface area contributed by atoms with E-state index in [-0.39, 0.29) is 18.6 Å². The summed E-state index contributed by atoms with van der Waals surface area (Å²) in [6.07, 6.45) is 8.02. The van der Waals surface area contributed by atoms with Gasteiger partial charge >= 0.3 is 0 Å². The Morgan fingerprint density at radius 1 is 1.25 bits per heavy atom. The second-order valence-electron chi connectivity index (χ2n) is 6.81. The molecule has 1 aromatic rings. The van der Waals surface area contributed by atoms with Crippen molar-refractivity contribution < 1.29 is 9.90 Å². The van der Waals surface area contributed by atoms with E-state index in [4.69, 9.17) is 0 Å². The summed E-state index contributed by atoms with van der Waals surface area (Å²) in [5, 5.41) is 12.6. The summed E-state index contributed by atoms with van der Waals surface area (Å²) in [5.74, 6) is 0.0660. The van der Waals surface area contributed by atoms with Gasteiger partial charge in [-0.05, 0) is 24.8 Å². The zero-order valence-corrected chi connectivity index (χ0v) is 14.9. The molecule has 0 spiro atoms. The fourth-order valence-corrected chi connectivity index (χ4v) is 3.69. The Kier molecular flexibility index (Phi) is 8.26.